The highest BCUT2D eigenvalue weighted by Crippen LogP contribution is 2.39. The maximum Gasteiger partial charge on any atom is 0.371 e. The van der Waals surface area contributed by atoms with Crippen molar-refractivity contribution in [2.75, 3.05) is 0 Å². The van der Waals surface area contributed by atoms with Crippen LogP contribution in [0.5, 0.6) is 0 Å². The van der Waals surface area contributed by atoms with Gasteiger partial charge in [0.2, 0.25) is 5.76 Å². The number of carbonyl (C=O) groups is 1. The van der Waals surface area contributed by atoms with Crippen LogP contribution in [0.3, 0.4) is 0 Å². The molecule has 1 saturated carbocycles. The van der Waals surface area contributed by atoms with Crippen LogP contribution in [0.2, 0.25) is 0 Å². The molecule has 0 spiro atoms. The monoisotopic (exact) mass is 196 g/mol. The molecule has 0 atom stereocenters. The molecule has 1 aliphatic rings. The maximum atomic E-state index is 10.6. The highest BCUT2D eigenvalue weighted by atomic mass is 16.4. The smallest absolute Gasteiger partial charge is 0.371 e. The van der Waals surface area contributed by atoms with Gasteiger partial charge in [-0.25, -0.2) is 4.79 Å². The molecule has 0 aliphatic heterocycles. The minimum Gasteiger partial charge on any atom is -0.475 e. The molecule has 0 bridgehead atoms. The van der Waals surface area contributed by atoms with Crippen LogP contribution in [0, 0.1) is 0 Å². The lowest BCUT2D eigenvalue weighted by molar-refractivity contribution is 0.0200. The molecule has 76 valence electrons. The molecule has 1 aromatic heterocycles. The van der Waals surface area contributed by atoms with Gasteiger partial charge in [0.25, 0.3) is 0 Å². The minimum absolute atomic E-state index is 0.111. The van der Waals surface area contributed by atoms with Crippen molar-refractivity contribution in [1.29, 1.82) is 0 Å². The summed E-state index contributed by atoms with van der Waals surface area (Å²) in [4.78, 5) is 10.6. The second-order valence-electron chi connectivity index (χ2n) is 3.71. The Hall–Kier alpha value is -1.29. The minimum atomic E-state index is -1.10. The summed E-state index contributed by atoms with van der Waals surface area (Å²) in [6.45, 7) is 0. The Morgan fingerprint density at radius 1 is 1.36 bits per heavy atom. The van der Waals surface area contributed by atoms with Crippen LogP contribution in [-0.4, -0.2) is 16.2 Å². The Labute approximate surface area is 81.2 Å². The van der Waals surface area contributed by atoms with Gasteiger partial charge in [-0.1, -0.05) is 0 Å². The van der Waals surface area contributed by atoms with Crippen LogP contribution < -0.4 is 0 Å². The van der Waals surface area contributed by atoms with Crippen molar-refractivity contribution in [3.63, 3.8) is 0 Å². The molecular formula is C10H12O4. The van der Waals surface area contributed by atoms with E-state index >= 15 is 0 Å². The third-order valence-electron chi connectivity index (χ3n) is 2.71. The number of carboxylic acid groups (broad SMARTS) is 1. The zero-order chi connectivity index (χ0) is 10.2. The quantitative estimate of drug-likeness (QED) is 0.755. The molecule has 14 heavy (non-hydrogen) atoms. The summed E-state index contributed by atoms with van der Waals surface area (Å²) in [6.07, 6.45) is 3.22. The molecule has 1 heterocycles. The van der Waals surface area contributed by atoms with Gasteiger partial charge in [0.15, 0.2) is 0 Å². The lowest BCUT2D eigenvalue weighted by Gasteiger charge is -2.18. The van der Waals surface area contributed by atoms with Gasteiger partial charge in [-0.3, -0.25) is 0 Å². The number of aliphatic hydroxyl groups is 1. The van der Waals surface area contributed by atoms with Gasteiger partial charge in [0.1, 0.15) is 11.4 Å². The molecule has 4 nitrogen and oxygen atoms in total. The number of hydrogen-bond donors (Lipinski definition) is 2. The van der Waals surface area contributed by atoms with E-state index in [0.717, 1.165) is 12.8 Å². The molecule has 1 fully saturated rings. The largest absolute Gasteiger partial charge is 0.475 e. The average Bonchev–Trinajstić information content (AvgIpc) is 2.71. The molecule has 0 aromatic carbocycles. The van der Waals surface area contributed by atoms with E-state index in [4.69, 9.17) is 9.52 Å². The van der Waals surface area contributed by atoms with Crippen molar-refractivity contribution < 1.29 is 19.4 Å². The van der Waals surface area contributed by atoms with E-state index in [9.17, 15) is 9.90 Å². The van der Waals surface area contributed by atoms with Crippen molar-refractivity contribution >= 4 is 5.97 Å². The summed E-state index contributed by atoms with van der Waals surface area (Å²) in [5.74, 6) is -0.828. The van der Waals surface area contributed by atoms with Crippen LogP contribution in [-0.2, 0) is 5.60 Å². The van der Waals surface area contributed by atoms with Gasteiger partial charge in [-0.15, -0.1) is 0 Å². The van der Waals surface area contributed by atoms with Crippen molar-refractivity contribution in [2.45, 2.75) is 31.3 Å². The molecule has 2 rings (SSSR count). The lowest BCUT2D eigenvalue weighted by atomic mass is 10.00. The average molecular weight is 196 g/mol. The summed E-state index contributed by atoms with van der Waals surface area (Å²) < 4.78 is 5.08. The summed E-state index contributed by atoms with van der Waals surface area (Å²) in [7, 11) is 0. The number of furan rings is 1. The SMILES string of the molecule is O=C(O)c1ccc(C2(O)CCCC2)o1. The fourth-order valence-electron chi connectivity index (χ4n) is 1.91. The number of aromatic carboxylic acids is 1. The standard InChI is InChI=1S/C10H12O4/c11-9(12)7-3-4-8(14-7)10(13)5-1-2-6-10/h3-4,13H,1-2,5-6H2,(H,11,12). The van der Waals surface area contributed by atoms with Crippen molar-refractivity contribution in [3.05, 3.63) is 23.7 Å². The topological polar surface area (TPSA) is 70.7 Å². The molecule has 1 aromatic rings. The first kappa shape index (κ1) is 9.27. The molecule has 0 unspecified atom stereocenters. The first-order valence-corrected chi connectivity index (χ1v) is 4.68. The molecule has 1 aliphatic carbocycles. The molecule has 0 amide bonds. The Kier molecular flexibility index (Phi) is 2.07. The van der Waals surface area contributed by atoms with E-state index in [1.54, 1.807) is 6.07 Å². The number of hydrogen-bond acceptors (Lipinski definition) is 3. The van der Waals surface area contributed by atoms with Crippen molar-refractivity contribution in [3.8, 4) is 0 Å². The second kappa shape index (κ2) is 3.13. The van der Waals surface area contributed by atoms with Crippen LogP contribution in [0.1, 0.15) is 42.0 Å². The van der Waals surface area contributed by atoms with E-state index in [2.05, 4.69) is 0 Å². The zero-order valence-corrected chi connectivity index (χ0v) is 7.69. The van der Waals surface area contributed by atoms with Crippen LogP contribution in [0.15, 0.2) is 16.5 Å². The van der Waals surface area contributed by atoms with Crippen LogP contribution >= 0.6 is 0 Å². The summed E-state index contributed by atoms with van der Waals surface area (Å²) in [5.41, 5.74) is -0.937. The van der Waals surface area contributed by atoms with E-state index in [1.807, 2.05) is 0 Å². The summed E-state index contributed by atoms with van der Waals surface area (Å²) in [6, 6.07) is 2.93. The van der Waals surface area contributed by atoms with Crippen molar-refractivity contribution in [1.82, 2.24) is 0 Å². The predicted octanol–water partition coefficient (Wildman–Crippen LogP) is 1.74. The van der Waals surface area contributed by atoms with Crippen molar-refractivity contribution in [2.24, 2.45) is 0 Å². The normalized spacial score (nSPS) is 19.8. The van der Waals surface area contributed by atoms with Gasteiger partial charge in [-0.05, 0) is 37.8 Å². The fourth-order valence-corrected chi connectivity index (χ4v) is 1.91. The highest BCUT2D eigenvalue weighted by molar-refractivity contribution is 5.84. The second-order valence-corrected chi connectivity index (χ2v) is 3.71. The fraction of sp³-hybridized carbons (Fsp3) is 0.500. The molecule has 2 N–H and O–H groups in total. The third-order valence-corrected chi connectivity index (χ3v) is 2.71. The summed E-state index contributed by atoms with van der Waals surface area (Å²) >= 11 is 0. The van der Waals surface area contributed by atoms with E-state index < -0.39 is 11.6 Å². The van der Waals surface area contributed by atoms with E-state index in [-0.39, 0.29) is 5.76 Å². The Morgan fingerprint density at radius 2 is 2.00 bits per heavy atom. The first-order chi connectivity index (χ1) is 6.62. The molecule has 4 heteroatoms. The zero-order valence-electron chi connectivity index (χ0n) is 7.69. The van der Waals surface area contributed by atoms with Gasteiger partial charge >= 0.3 is 5.97 Å². The third kappa shape index (κ3) is 1.42. The highest BCUT2D eigenvalue weighted by Gasteiger charge is 2.36. The van der Waals surface area contributed by atoms with Crippen LogP contribution in [0.25, 0.3) is 0 Å². The maximum absolute atomic E-state index is 10.6. The van der Waals surface area contributed by atoms with Gasteiger partial charge in [0, 0.05) is 0 Å². The van der Waals surface area contributed by atoms with Crippen LogP contribution in [0.4, 0.5) is 0 Å². The van der Waals surface area contributed by atoms with E-state index in [0.29, 0.717) is 18.6 Å². The molecule has 0 radical (unpaired) electrons. The Balaban J connectivity index is 2.28. The number of carboxylic acids is 1. The van der Waals surface area contributed by atoms with E-state index in [1.165, 1.54) is 6.07 Å². The molecule has 0 saturated heterocycles. The molecular weight excluding hydrogens is 184 g/mol. The number of rotatable bonds is 2. The predicted molar refractivity (Wildman–Crippen MR) is 48.0 cm³/mol. The summed E-state index contributed by atoms with van der Waals surface area (Å²) in [5, 5.41) is 18.7. The Bertz CT molecular complexity index is 347. The lowest BCUT2D eigenvalue weighted by Crippen LogP contribution is -2.19. The van der Waals surface area contributed by atoms with Gasteiger partial charge in [0.05, 0.1) is 0 Å². The first-order valence-electron chi connectivity index (χ1n) is 4.68. The van der Waals surface area contributed by atoms with Gasteiger partial charge < -0.3 is 14.6 Å². The Morgan fingerprint density at radius 3 is 2.50 bits per heavy atom. The van der Waals surface area contributed by atoms with Gasteiger partial charge in [-0.2, -0.15) is 0 Å².